The molecule has 0 aliphatic carbocycles. The summed E-state index contributed by atoms with van der Waals surface area (Å²) in [5, 5.41) is 10.5. The maximum absolute atomic E-state index is 13.0. The number of pyridine rings is 1. The Hall–Kier alpha value is -2.26. The van der Waals surface area contributed by atoms with Crippen LogP contribution in [0.25, 0.3) is 5.65 Å². The maximum atomic E-state index is 13.0. The molecule has 2 aromatic heterocycles. The molecule has 29 heavy (non-hydrogen) atoms. The summed E-state index contributed by atoms with van der Waals surface area (Å²) in [6, 6.07) is 8.55. The van der Waals surface area contributed by atoms with Crippen molar-refractivity contribution in [2.24, 2.45) is 0 Å². The number of aryl methyl sites for hydroxylation is 1. The van der Waals surface area contributed by atoms with Crippen LogP contribution in [0.15, 0.2) is 41.7 Å². The van der Waals surface area contributed by atoms with Crippen molar-refractivity contribution in [2.45, 2.75) is 37.6 Å². The Balaban J connectivity index is 1.68. The molecule has 0 aliphatic rings. The van der Waals surface area contributed by atoms with E-state index in [1.807, 2.05) is 31.2 Å². The molecule has 0 saturated carbocycles. The number of aromatic nitrogens is 3. The van der Waals surface area contributed by atoms with E-state index in [0.717, 1.165) is 40.4 Å². The van der Waals surface area contributed by atoms with Gasteiger partial charge in [-0.1, -0.05) is 54.6 Å². The molecule has 154 valence electrons. The van der Waals surface area contributed by atoms with Gasteiger partial charge < -0.3 is 5.32 Å². The van der Waals surface area contributed by atoms with Gasteiger partial charge in [0.05, 0.1) is 22.4 Å². The zero-order chi connectivity index (χ0) is 21.2. The zero-order valence-electron chi connectivity index (χ0n) is 15.6. The van der Waals surface area contributed by atoms with Crippen LogP contribution in [0.3, 0.4) is 0 Å². The van der Waals surface area contributed by atoms with Crippen molar-refractivity contribution in [1.29, 1.82) is 0 Å². The number of benzene rings is 1. The average Bonchev–Trinajstić information content (AvgIpc) is 3.09. The summed E-state index contributed by atoms with van der Waals surface area (Å²) in [7, 11) is 0. The Morgan fingerprint density at radius 1 is 1.28 bits per heavy atom. The second kappa shape index (κ2) is 8.62. The predicted molar refractivity (Wildman–Crippen MR) is 106 cm³/mol. The molecular formula is C19H18ClF3N4OS. The molecule has 0 saturated heterocycles. The van der Waals surface area contributed by atoms with E-state index in [-0.39, 0.29) is 33.5 Å². The number of fused-ring (bicyclic) bond motifs is 1. The van der Waals surface area contributed by atoms with Crippen LogP contribution < -0.4 is 5.32 Å². The predicted octanol–water partition coefficient (Wildman–Crippen LogP) is 4.93. The highest BCUT2D eigenvalue weighted by atomic mass is 35.5. The molecule has 0 aliphatic heterocycles. The van der Waals surface area contributed by atoms with Gasteiger partial charge in [-0.2, -0.15) is 13.2 Å². The summed E-state index contributed by atoms with van der Waals surface area (Å²) in [5.74, 6) is -0.289. The fourth-order valence-corrected chi connectivity index (χ4v) is 3.69. The van der Waals surface area contributed by atoms with E-state index in [1.54, 1.807) is 0 Å². The summed E-state index contributed by atoms with van der Waals surface area (Å²) in [5.41, 5.74) is 1.37. The number of alkyl halides is 3. The fraction of sp³-hybridized carbons (Fsp3) is 0.316. The topological polar surface area (TPSA) is 59.3 Å². The Morgan fingerprint density at radius 2 is 1.97 bits per heavy atom. The number of nitrogens with zero attached hydrogens (tertiary/aromatic N) is 3. The molecule has 0 radical (unpaired) electrons. The fourth-order valence-electron chi connectivity index (χ4n) is 2.73. The number of hydrogen-bond donors (Lipinski definition) is 1. The molecule has 1 unspecified atom stereocenters. The molecule has 5 nitrogen and oxygen atoms in total. The quantitative estimate of drug-likeness (QED) is 0.550. The van der Waals surface area contributed by atoms with Gasteiger partial charge in [0.25, 0.3) is 0 Å². The van der Waals surface area contributed by atoms with Crippen molar-refractivity contribution in [3.05, 3.63) is 58.2 Å². The van der Waals surface area contributed by atoms with Crippen molar-refractivity contribution < 1.29 is 18.0 Å². The third kappa shape index (κ3) is 5.02. The van der Waals surface area contributed by atoms with E-state index in [1.165, 1.54) is 5.56 Å². The molecule has 1 amide bonds. The molecule has 2 heterocycles. The van der Waals surface area contributed by atoms with Gasteiger partial charge in [0.15, 0.2) is 10.8 Å². The Labute approximate surface area is 174 Å². The second-order valence-corrected chi connectivity index (χ2v) is 7.77. The van der Waals surface area contributed by atoms with E-state index >= 15 is 0 Å². The van der Waals surface area contributed by atoms with Crippen LogP contribution in [0.4, 0.5) is 13.2 Å². The molecule has 3 aromatic rings. The van der Waals surface area contributed by atoms with Gasteiger partial charge in [0.1, 0.15) is 0 Å². The number of carbonyl (C=O) groups is 1. The number of halogens is 4. The highest BCUT2D eigenvalue weighted by Crippen LogP contribution is 2.33. The molecule has 3 rings (SSSR count). The number of rotatable bonds is 6. The number of hydrogen-bond acceptors (Lipinski definition) is 4. The lowest BCUT2D eigenvalue weighted by molar-refractivity contribution is -0.137. The van der Waals surface area contributed by atoms with Crippen LogP contribution >= 0.6 is 23.4 Å². The van der Waals surface area contributed by atoms with Crippen molar-refractivity contribution in [3.8, 4) is 0 Å². The summed E-state index contributed by atoms with van der Waals surface area (Å²) < 4.78 is 40.2. The zero-order valence-corrected chi connectivity index (χ0v) is 17.2. The Bertz CT molecular complexity index is 1020. The van der Waals surface area contributed by atoms with Gasteiger partial charge in [0, 0.05) is 6.20 Å². The summed E-state index contributed by atoms with van der Waals surface area (Å²) in [4.78, 5) is 12.3. The summed E-state index contributed by atoms with van der Waals surface area (Å²) in [6.45, 7) is 3.93. The monoisotopic (exact) mass is 442 g/mol. The van der Waals surface area contributed by atoms with Gasteiger partial charge in [-0.15, -0.1) is 10.2 Å². The molecule has 0 bridgehead atoms. The van der Waals surface area contributed by atoms with E-state index in [2.05, 4.69) is 22.4 Å². The molecule has 0 spiro atoms. The van der Waals surface area contributed by atoms with Crippen molar-refractivity contribution >= 4 is 34.9 Å². The maximum Gasteiger partial charge on any atom is 0.417 e. The molecule has 1 aromatic carbocycles. The smallest absolute Gasteiger partial charge is 0.349 e. The molecular weight excluding hydrogens is 425 g/mol. The third-order valence-electron chi connectivity index (χ3n) is 4.35. The number of nitrogens with one attached hydrogen (secondary N) is 1. The largest absolute Gasteiger partial charge is 0.417 e. The van der Waals surface area contributed by atoms with E-state index in [4.69, 9.17) is 11.6 Å². The Kier molecular flexibility index (Phi) is 6.38. The lowest BCUT2D eigenvalue weighted by Gasteiger charge is -2.14. The van der Waals surface area contributed by atoms with Crippen molar-refractivity contribution in [2.75, 3.05) is 5.75 Å². The van der Waals surface area contributed by atoms with Crippen LogP contribution in [0.2, 0.25) is 5.02 Å². The molecule has 1 atom stereocenters. The number of amides is 1. The first-order valence-corrected chi connectivity index (χ1v) is 10.2. The minimum atomic E-state index is -4.55. The molecule has 0 fully saturated rings. The molecule has 1 N–H and O–H groups in total. The van der Waals surface area contributed by atoms with Gasteiger partial charge in [0.2, 0.25) is 5.91 Å². The Morgan fingerprint density at radius 3 is 2.59 bits per heavy atom. The van der Waals surface area contributed by atoms with Crippen molar-refractivity contribution in [1.82, 2.24) is 19.9 Å². The van der Waals surface area contributed by atoms with E-state index in [0.29, 0.717) is 0 Å². The first kappa shape index (κ1) is 21.4. The summed E-state index contributed by atoms with van der Waals surface area (Å²) in [6.07, 6.45) is -2.74. The van der Waals surface area contributed by atoms with Crippen molar-refractivity contribution in [3.63, 3.8) is 0 Å². The second-order valence-electron chi connectivity index (χ2n) is 6.42. The normalized spacial score (nSPS) is 12.9. The minimum Gasteiger partial charge on any atom is -0.349 e. The lowest BCUT2D eigenvalue weighted by atomic mass is 10.1. The van der Waals surface area contributed by atoms with Gasteiger partial charge in [-0.3, -0.25) is 9.20 Å². The van der Waals surface area contributed by atoms with Gasteiger partial charge >= 0.3 is 6.18 Å². The van der Waals surface area contributed by atoms with Crippen LogP contribution in [-0.2, 0) is 17.4 Å². The number of carbonyl (C=O) groups excluding carboxylic acids is 1. The van der Waals surface area contributed by atoms with E-state index in [9.17, 15) is 18.0 Å². The standard InChI is InChI=1S/C19H18ClF3N4OS/c1-3-12-4-6-13(7-5-12)11(2)24-16(28)10-29-18-26-25-17-15(20)8-14(9-27(17)18)19(21,22)23/h4-9,11H,3,10H2,1-2H3,(H,24,28). The lowest BCUT2D eigenvalue weighted by Crippen LogP contribution is -2.28. The first-order chi connectivity index (χ1) is 13.7. The number of thioether (sulfide) groups is 1. The van der Waals surface area contributed by atoms with Crippen LogP contribution in [0.5, 0.6) is 0 Å². The average molecular weight is 443 g/mol. The first-order valence-electron chi connectivity index (χ1n) is 8.81. The third-order valence-corrected chi connectivity index (χ3v) is 5.57. The SMILES string of the molecule is CCc1ccc(C(C)NC(=O)CSc2nnc3c(Cl)cc(C(F)(F)F)cn23)cc1. The summed E-state index contributed by atoms with van der Waals surface area (Å²) >= 11 is 6.88. The highest BCUT2D eigenvalue weighted by Gasteiger charge is 2.32. The van der Waals surface area contributed by atoms with Crippen LogP contribution in [-0.4, -0.2) is 26.3 Å². The van der Waals surface area contributed by atoms with Crippen LogP contribution in [0.1, 0.15) is 36.6 Å². The van der Waals surface area contributed by atoms with Gasteiger partial charge in [-0.05, 0) is 30.5 Å². The minimum absolute atomic E-state index is 0.0218. The molecule has 10 heteroatoms. The van der Waals surface area contributed by atoms with E-state index < -0.39 is 11.7 Å². The highest BCUT2D eigenvalue weighted by molar-refractivity contribution is 7.99. The van der Waals surface area contributed by atoms with Crippen LogP contribution in [0, 0.1) is 0 Å². The van der Waals surface area contributed by atoms with Gasteiger partial charge in [-0.25, -0.2) is 0 Å².